The van der Waals surface area contributed by atoms with Crippen LogP contribution < -0.4 is 5.32 Å². The normalized spacial score (nSPS) is 11.7. The van der Waals surface area contributed by atoms with E-state index >= 15 is 0 Å². The van der Waals surface area contributed by atoms with Crippen molar-refractivity contribution in [2.75, 3.05) is 11.9 Å². The third-order valence-corrected chi connectivity index (χ3v) is 3.40. The average molecular weight is 308 g/mol. The molecule has 108 valence electrons. The molecule has 0 spiro atoms. The summed E-state index contributed by atoms with van der Waals surface area (Å²) < 4.78 is 62.8. The van der Waals surface area contributed by atoms with E-state index in [0.717, 1.165) is 12.3 Å². The van der Waals surface area contributed by atoms with Gasteiger partial charge in [-0.2, -0.15) is 13.2 Å². The molecule has 0 atom stereocenters. The number of benzene rings is 1. The van der Waals surface area contributed by atoms with E-state index in [1.807, 2.05) is 0 Å². The number of halogens is 5. The number of nitrogens with zero attached hydrogens (tertiary/aromatic N) is 1. The number of hydrogen-bond acceptors (Lipinski definition) is 3. The summed E-state index contributed by atoms with van der Waals surface area (Å²) in [6.07, 6.45) is -3.40. The first-order valence-corrected chi connectivity index (χ1v) is 6.38. The van der Waals surface area contributed by atoms with Crippen molar-refractivity contribution >= 4 is 16.5 Å². The van der Waals surface area contributed by atoms with E-state index in [9.17, 15) is 22.0 Å². The molecule has 0 amide bonds. The van der Waals surface area contributed by atoms with Crippen LogP contribution in [-0.4, -0.2) is 11.5 Å². The van der Waals surface area contributed by atoms with Crippen LogP contribution in [0.4, 0.5) is 27.1 Å². The number of aromatic nitrogens is 1. The number of anilines is 1. The molecule has 8 heteroatoms. The molecule has 2 nitrogen and oxygen atoms in total. The van der Waals surface area contributed by atoms with Gasteiger partial charge in [0, 0.05) is 12.6 Å². The van der Waals surface area contributed by atoms with Crippen molar-refractivity contribution in [2.45, 2.75) is 12.6 Å². The van der Waals surface area contributed by atoms with Gasteiger partial charge in [-0.1, -0.05) is 11.3 Å². The maximum absolute atomic E-state index is 12.9. The lowest BCUT2D eigenvalue weighted by Gasteiger charge is -2.04. The quantitative estimate of drug-likeness (QED) is 0.860. The van der Waals surface area contributed by atoms with Crippen LogP contribution >= 0.6 is 11.3 Å². The molecular weight excluding hydrogens is 299 g/mol. The predicted molar refractivity (Wildman–Crippen MR) is 65.7 cm³/mol. The van der Waals surface area contributed by atoms with Gasteiger partial charge in [-0.3, -0.25) is 0 Å². The van der Waals surface area contributed by atoms with Gasteiger partial charge in [0.2, 0.25) is 0 Å². The van der Waals surface area contributed by atoms with Crippen molar-refractivity contribution < 1.29 is 22.0 Å². The van der Waals surface area contributed by atoms with Gasteiger partial charge in [0.25, 0.3) is 0 Å². The molecule has 0 aliphatic carbocycles. The first kappa shape index (κ1) is 14.7. The SMILES string of the molecule is Fc1cc(F)cc(CCNc2ncc(C(F)(F)F)s2)c1. The molecule has 0 fully saturated rings. The summed E-state index contributed by atoms with van der Waals surface area (Å²) in [7, 11) is 0. The first-order chi connectivity index (χ1) is 9.34. The zero-order chi connectivity index (χ0) is 14.8. The van der Waals surface area contributed by atoms with Gasteiger partial charge in [-0.25, -0.2) is 13.8 Å². The van der Waals surface area contributed by atoms with Crippen LogP contribution in [0.2, 0.25) is 0 Å². The van der Waals surface area contributed by atoms with Gasteiger partial charge in [0.15, 0.2) is 5.13 Å². The van der Waals surface area contributed by atoms with E-state index in [1.165, 1.54) is 12.1 Å². The van der Waals surface area contributed by atoms with Crippen molar-refractivity contribution in [3.63, 3.8) is 0 Å². The number of hydrogen-bond donors (Lipinski definition) is 1. The Bertz CT molecular complexity index is 574. The summed E-state index contributed by atoms with van der Waals surface area (Å²) >= 11 is 0.486. The number of thiazole rings is 1. The van der Waals surface area contributed by atoms with Crippen molar-refractivity contribution in [3.05, 3.63) is 46.5 Å². The van der Waals surface area contributed by atoms with Crippen LogP contribution in [0.25, 0.3) is 0 Å². The Morgan fingerprint density at radius 3 is 2.30 bits per heavy atom. The summed E-state index contributed by atoms with van der Waals surface area (Å²) in [5.74, 6) is -1.37. The highest BCUT2D eigenvalue weighted by molar-refractivity contribution is 7.15. The molecule has 2 aromatic rings. The summed E-state index contributed by atoms with van der Waals surface area (Å²) in [4.78, 5) is 2.79. The van der Waals surface area contributed by atoms with E-state index in [4.69, 9.17) is 0 Å². The molecule has 0 aliphatic rings. The topological polar surface area (TPSA) is 24.9 Å². The molecule has 2 rings (SSSR count). The zero-order valence-electron chi connectivity index (χ0n) is 9.97. The smallest absolute Gasteiger partial charge is 0.361 e. The fraction of sp³-hybridized carbons (Fsp3) is 0.250. The van der Waals surface area contributed by atoms with Gasteiger partial charge in [-0.05, 0) is 24.1 Å². The van der Waals surface area contributed by atoms with Gasteiger partial charge >= 0.3 is 6.18 Å². The van der Waals surface area contributed by atoms with E-state index in [1.54, 1.807) is 0 Å². The zero-order valence-corrected chi connectivity index (χ0v) is 10.8. The highest BCUT2D eigenvalue weighted by atomic mass is 32.1. The molecule has 1 aromatic heterocycles. The van der Waals surface area contributed by atoms with E-state index in [0.29, 0.717) is 16.9 Å². The molecule has 0 bridgehead atoms. The van der Waals surface area contributed by atoms with Gasteiger partial charge < -0.3 is 5.32 Å². The van der Waals surface area contributed by atoms with Crippen LogP contribution in [0, 0.1) is 11.6 Å². The molecule has 1 heterocycles. The Morgan fingerprint density at radius 2 is 1.75 bits per heavy atom. The van der Waals surface area contributed by atoms with Crippen LogP contribution in [0.3, 0.4) is 0 Å². The molecule has 0 aliphatic heterocycles. The fourth-order valence-electron chi connectivity index (χ4n) is 1.56. The van der Waals surface area contributed by atoms with Crippen LogP contribution in [-0.2, 0) is 12.6 Å². The molecule has 1 N–H and O–H groups in total. The Balaban J connectivity index is 1.91. The van der Waals surface area contributed by atoms with Gasteiger partial charge in [0.05, 0.1) is 6.20 Å². The predicted octanol–water partition coefficient (Wildman–Crippen LogP) is 4.09. The monoisotopic (exact) mass is 308 g/mol. The van der Waals surface area contributed by atoms with Crippen LogP contribution in [0.15, 0.2) is 24.4 Å². The number of nitrogens with one attached hydrogen (secondary N) is 1. The summed E-state index contributed by atoms with van der Waals surface area (Å²) in [6.45, 7) is 0.230. The van der Waals surface area contributed by atoms with E-state index in [2.05, 4.69) is 10.3 Å². The fourth-order valence-corrected chi connectivity index (χ4v) is 2.27. The van der Waals surface area contributed by atoms with Crippen LogP contribution in [0.1, 0.15) is 10.4 Å². The Kier molecular flexibility index (Phi) is 4.22. The minimum Gasteiger partial charge on any atom is -0.361 e. The maximum Gasteiger partial charge on any atom is 0.427 e. The third-order valence-electron chi connectivity index (χ3n) is 2.40. The Morgan fingerprint density at radius 1 is 1.10 bits per heavy atom. The lowest BCUT2D eigenvalue weighted by molar-refractivity contribution is -0.134. The van der Waals surface area contributed by atoms with Gasteiger partial charge in [-0.15, -0.1) is 0 Å². The molecule has 20 heavy (non-hydrogen) atoms. The van der Waals surface area contributed by atoms with E-state index < -0.39 is 22.7 Å². The Hall–Kier alpha value is -1.70. The van der Waals surface area contributed by atoms with Gasteiger partial charge in [0.1, 0.15) is 16.5 Å². The maximum atomic E-state index is 12.9. The Labute approximate surface area is 115 Å². The molecule has 0 unspecified atom stereocenters. The van der Waals surface area contributed by atoms with Crippen LogP contribution in [0.5, 0.6) is 0 Å². The molecular formula is C12H9F5N2S. The minimum atomic E-state index is -4.41. The summed E-state index contributed by atoms with van der Waals surface area (Å²) in [5.41, 5.74) is 0.419. The standard InChI is InChI=1S/C12H9F5N2S/c13-8-3-7(4-9(14)5-8)1-2-18-11-19-6-10(20-11)12(15,16)17/h3-6H,1-2H2,(H,18,19). The third kappa shape index (κ3) is 3.89. The van der Waals surface area contributed by atoms with Crippen molar-refractivity contribution in [1.29, 1.82) is 0 Å². The van der Waals surface area contributed by atoms with E-state index in [-0.39, 0.29) is 18.1 Å². The molecule has 0 saturated carbocycles. The number of alkyl halides is 3. The van der Waals surface area contributed by atoms with Crippen molar-refractivity contribution in [1.82, 2.24) is 4.98 Å². The highest BCUT2D eigenvalue weighted by Crippen LogP contribution is 2.34. The number of rotatable bonds is 4. The lowest BCUT2D eigenvalue weighted by Crippen LogP contribution is -2.05. The molecule has 0 saturated heterocycles. The highest BCUT2D eigenvalue weighted by Gasteiger charge is 2.33. The molecule has 1 aromatic carbocycles. The largest absolute Gasteiger partial charge is 0.427 e. The second-order valence-electron chi connectivity index (χ2n) is 3.98. The summed E-state index contributed by atoms with van der Waals surface area (Å²) in [6, 6.07) is 3.11. The minimum absolute atomic E-state index is 0.120. The summed E-state index contributed by atoms with van der Waals surface area (Å²) in [5, 5.41) is 2.81. The molecule has 0 radical (unpaired) electrons. The second kappa shape index (κ2) is 5.74. The second-order valence-corrected chi connectivity index (χ2v) is 5.01. The van der Waals surface area contributed by atoms with Crippen molar-refractivity contribution in [2.24, 2.45) is 0 Å². The first-order valence-electron chi connectivity index (χ1n) is 5.56. The lowest BCUT2D eigenvalue weighted by atomic mass is 10.1. The van der Waals surface area contributed by atoms with Crippen molar-refractivity contribution in [3.8, 4) is 0 Å². The average Bonchev–Trinajstić information content (AvgIpc) is 2.76.